The molecule has 3 aromatic carbocycles. The topological polar surface area (TPSA) is 41.6 Å². The van der Waals surface area contributed by atoms with Crippen LogP contribution in [0.3, 0.4) is 0 Å². The first kappa shape index (κ1) is 22.0. The van der Waals surface area contributed by atoms with Crippen LogP contribution < -0.4 is 10.1 Å². The monoisotopic (exact) mass is 436 g/mol. The zero-order valence-corrected chi connectivity index (χ0v) is 18.0. The van der Waals surface area contributed by atoms with Crippen LogP contribution in [0.5, 0.6) is 5.75 Å². The number of carbonyl (C=O) groups excluding carboxylic acids is 1. The summed E-state index contributed by atoms with van der Waals surface area (Å²) in [7, 11) is 1.58. The number of hydrogen-bond acceptors (Lipinski definition) is 3. The van der Waals surface area contributed by atoms with E-state index in [1.165, 1.54) is 12.1 Å². The van der Waals surface area contributed by atoms with Gasteiger partial charge in [0, 0.05) is 42.9 Å². The molecule has 1 heterocycles. The van der Waals surface area contributed by atoms with E-state index in [9.17, 15) is 13.6 Å². The molecule has 4 rings (SSSR count). The number of hydrogen-bond donors (Lipinski definition) is 1. The molecule has 1 saturated heterocycles. The summed E-state index contributed by atoms with van der Waals surface area (Å²) in [5.41, 5.74) is 2.80. The Bertz CT molecular complexity index is 1090. The van der Waals surface area contributed by atoms with Gasteiger partial charge in [-0.1, -0.05) is 24.3 Å². The lowest BCUT2D eigenvalue weighted by atomic mass is 10.0. The van der Waals surface area contributed by atoms with Gasteiger partial charge < -0.3 is 10.1 Å². The molecule has 0 radical (unpaired) electrons. The van der Waals surface area contributed by atoms with Gasteiger partial charge in [0.2, 0.25) is 0 Å². The zero-order chi connectivity index (χ0) is 22.5. The van der Waals surface area contributed by atoms with Gasteiger partial charge in [-0.2, -0.15) is 0 Å². The van der Waals surface area contributed by atoms with Gasteiger partial charge in [-0.3, -0.25) is 9.69 Å². The third kappa shape index (κ3) is 5.32. The molecule has 0 aromatic heterocycles. The molecule has 0 spiro atoms. The summed E-state index contributed by atoms with van der Waals surface area (Å²) >= 11 is 0. The highest BCUT2D eigenvalue weighted by molar-refractivity contribution is 5.94. The number of nitrogens with zero attached hydrogens (tertiary/aromatic N) is 1. The molecule has 0 unspecified atom stereocenters. The van der Waals surface area contributed by atoms with Crippen LogP contribution in [0.4, 0.5) is 8.78 Å². The number of ether oxygens (including phenoxy) is 1. The molecule has 0 bridgehead atoms. The van der Waals surface area contributed by atoms with Gasteiger partial charge in [-0.15, -0.1) is 0 Å². The lowest BCUT2D eigenvalue weighted by Crippen LogP contribution is -2.44. The minimum Gasteiger partial charge on any atom is -0.497 e. The first-order valence-corrected chi connectivity index (χ1v) is 10.7. The fourth-order valence-electron chi connectivity index (χ4n) is 4.09. The van der Waals surface area contributed by atoms with Crippen LogP contribution in [0, 0.1) is 11.6 Å². The van der Waals surface area contributed by atoms with Crippen molar-refractivity contribution >= 4 is 5.91 Å². The average molecular weight is 437 g/mol. The van der Waals surface area contributed by atoms with Crippen molar-refractivity contribution in [2.24, 2.45) is 0 Å². The molecular weight excluding hydrogens is 410 g/mol. The number of piperidine rings is 1. The maximum atomic E-state index is 14.1. The van der Waals surface area contributed by atoms with Gasteiger partial charge in [-0.25, -0.2) is 8.78 Å². The number of nitrogens with one attached hydrogen (secondary N) is 1. The van der Waals surface area contributed by atoms with Crippen molar-refractivity contribution in [3.63, 3.8) is 0 Å². The fourth-order valence-corrected chi connectivity index (χ4v) is 4.09. The second-order valence-electron chi connectivity index (χ2n) is 8.08. The number of rotatable bonds is 6. The van der Waals surface area contributed by atoms with E-state index >= 15 is 0 Å². The summed E-state index contributed by atoms with van der Waals surface area (Å²) in [4.78, 5) is 14.9. The molecule has 1 aliphatic heterocycles. The number of likely N-dealkylation sites (tertiary alicyclic amines) is 1. The molecule has 1 aliphatic rings. The normalized spacial score (nSPS) is 14.8. The number of halogens is 2. The average Bonchev–Trinajstić information content (AvgIpc) is 2.80. The minimum atomic E-state index is -0.580. The largest absolute Gasteiger partial charge is 0.497 e. The van der Waals surface area contributed by atoms with Crippen molar-refractivity contribution in [2.75, 3.05) is 20.2 Å². The number of benzene rings is 3. The van der Waals surface area contributed by atoms with Crippen molar-refractivity contribution in [2.45, 2.75) is 25.4 Å². The summed E-state index contributed by atoms with van der Waals surface area (Å²) in [6.45, 7) is 2.46. The molecule has 1 N–H and O–H groups in total. The van der Waals surface area contributed by atoms with Crippen LogP contribution in [0.1, 0.15) is 28.8 Å². The number of carbonyl (C=O) groups is 1. The lowest BCUT2D eigenvalue weighted by molar-refractivity contribution is 0.0908. The van der Waals surface area contributed by atoms with Crippen molar-refractivity contribution in [1.82, 2.24) is 10.2 Å². The summed E-state index contributed by atoms with van der Waals surface area (Å²) < 4.78 is 32.6. The van der Waals surface area contributed by atoms with Crippen LogP contribution in [0.25, 0.3) is 11.1 Å². The molecule has 3 aromatic rings. The predicted octanol–water partition coefficient (Wildman–Crippen LogP) is 5.03. The second kappa shape index (κ2) is 9.92. The molecule has 0 aliphatic carbocycles. The molecule has 32 heavy (non-hydrogen) atoms. The smallest absolute Gasteiger partial charge is 0.251 e. The van der Waals surface area contributed by atoms with E-state index in [0.717, 1.165) is 49.7 Å². The summed E-state index contributed by atoms with van der Waals surface area (Å²) in [5.74, 6) is -0.565. The fraction of sp³-hybridized carbons (Fsp3) is 0.269. The van der Waals surface area contributed by atoms with Gasteiger partial charge >= 0.3 is 0 Å². The standard InChI is InChI=1S/C26H26F2N2O2/c1-32-23-7-3-6-20(15-23)26(31)29-22-10-12-30(13-11-22)17-18-4-2-5-19(14-18)24-9-8-21(27)16-25(24)28/h2-9,14-16,22H,10-13,17H2,1H3,(H,29,31). The van der Waals surface area contributed by atoms with Crippen molar-refractivity contribution in [3.8, 4) is 16.9 Å². The van der Waals surface area contributed by atoms with E-state index < -0.39 is 11.6 Å². The summed E-state index contributed by atoms with van der Waals surface area (Å²) in [6.07, 6.45) is 1.73. The molecule has 6 heteroatoms. The third-order valence-electron chi connectivity index (χ3n) is 5.83. The molecule has 0 saturated carbocycles. The van der Waals surface area contributed by atoms with Crippen LogP contribution in [0.2, 0.25) is 0 Å². The highest BCUT2D eigenvalue weighted by Gasteiger charge is 2.21. The van der Waals surface area contributed by atoms with Gasteiger partial charge in [-0.05, 0) is 60.4 Å². The lowest BCUT2D eigenvalue weighted by Gasteiger charge is -2.32. The van der Waals surface area contributed by atoms with Gasteiger partial charge in [0.05, 0.1) is 7.11 Å². The highest BCUT2D eigenvalue weighted by Crippen LogP contribution is 2.25. The van der Waals surface area contributed by atoms with E-state index in [0.29, 0.717) is 16.9 Å². The zero-order valence-electron chi connectivity index (χ0n) is 18.0. The van der Waals surface area contributed by atoms with E-state index in [1.54, 1.807) is 19.2 Å². The quantitative estimate of drug-likeness (QED) is 0.589. The molecule has 4 nitrogen and oxygen atoms in total. The number of methoxy groups -OCH3 is 1. The molecule has 1 amide bonds. The van der Waals surface area contributed by atoms with Crippen molar-refractivity contribution in [1.29, 1.82) is 0 Å². The molecule has 1 fully saturated rings. The summed E-state index contributed by atoms with van der Waals surface area (Å²) in [6, 6.07) is 18.6. The Labute approximate surface area is 186 Å². The van der Waals surface area contributed by atoms with Gasteiger partial charge in [0.15, 0.2) is 0 Å². The van der Waals surface area contributed by atoms with E-state index in [-0.39, 0.29) is 11.9 Å². The van der Waals surface area contributed by atoms with Crippen molar-refractivity contribution < 1.29 is 18.3 Å². The van der Waals surface area contributed by atoms with Crippen molar-refractivity contribution in [3.05, 3.63) is 89.5 Å². The van der Waals surface area contributed by atoms with Crippen LogP contribution in [-0.2, 0) is 6.54 Å². The van der Waals surface area contributed by atoms with Gasteiger partial charge in [0.1, 0.15) is 17.4 Å². The first-order valence-electron chi connectivity index (χ1n) is 10.7. The van der Waals surface area contributed by atoms with E-state index in [4.69, 9.17) is 4.74 Å². The Morgan fingerprint density at radius 3 is 2.56 bits per heavy atom. The Hall–Kier alpha value is -3.25. The van der Waals surface area contributed by atoms with Gasteiger partial charge in [0.25, 0.3) is 5.91 Å². The van der Waals surface area contributed by atoms with Crippen LogP contribution >= 0.6 is 0 Å². The highest BCUT2D eigenvalue weighted by atomic mass is 19.1. The third-order valence-corrected chi connectivity index (χ3v) is 5.83. The maximum Gasteiger partial charge on any atom is 0.251 e. The Kier molecular flexibility index (Phi) is 6.81. The summed E-state index contributed by atoms with van der Waals surface area (Å²) in [5, 5.41) is 3.12. The van der Waals surface area contributed by atoms with Crippen LogP contribution in [0.15, 0.2) is 66.7 Å². The predicted molar refractivity (Wildman–Crippen MR) is 121 cm³/mol. The Morgan fingerprint density at radius 1 is 1.03 bits per heavy atom. The Balaban J connectivity index is 1.33. The minimum absolute atomic E-state index is 0.0867. The Morgan fingerprint density at radius 2 is 1.81 bits per heavy atom. The maximum absolute atomic E-state index is 14.1. The van der Waals surface area contributed by atoms with Crippen LogP contribution in [-0.4, -0.2) is 37.0 Å². The molecule has 0 atom stereocenters. The molecular formula is C26H26F2N2O2. The van der Waals surface area contributed by atoms with E-state index in [1.807, 2.05) is 36.4 Å². The SMILES string of the molecule is COc1cccc(C(=O)NC2CCN(Cc3cccc(-c4ccc(F)cc4F)c3)CC2)c1. The molecule has 166 valence electrons. The van der Waals surface area contributed by atoms with E-state index in [2.05, 4.69) is 10.2 Å². The second-order valence-corrected chi connectivity index (χ2v) is 8.08. The first-order chi connectivity index (χ1) is 15.5. The number of amides is 1.